The highest BCUT2D eigenvalue weighted by Crippen LogP contribution is 2.25. The maximum atomic E-state index is 13.1. The fourth-order valence-electron chi connectivity index (χ4n) is 0.760. The number of halogens is 5. The van der Waals surface area contributed by atoms with Crippen molar-refractivity contribution in [1.29, 1.82) is 0 Å². The molecule has 0 bridgehead atoms. The molecule has 0 saturated heterocycles. The van der Waals surface area contributed by atoms with Crippen molar-refractivity contribution in [1.82, 2.24) is 4.98 Å². The third kappa shape index (κ3) is 2.34. The molecule has 0 aliphatic heterocycles. The summed E-state index contributed by atoms with van der Waals surface area (Å²) in [5.74, 6) is -0.924. The average molecular weight is 366 g/mol. The van der Waals surface area contributed by atoms with E-state index >= 15 is 0 Å². The topological polar surface area (TPSA) is 12.9 Å². The van der Waals surface area contributed by atoms with Gasteiger partial charge in [0.1, 0.15) is 5.69 Å². The van der Waals surface area contributed by atoms with Crippen LogP contribution in [-0.2, 0) is 5.33 Å². The normalized spacial score (nSPS) is 10.9. The van der Waals surface area contributed by atoms with E-state index in [-0.39, 0.29) is 3.57 Å². The molecule has 0 unspecified atom stereocenters. The quantitative estimate of drug-likeness (QED) is 0.575. The Balaban J connectivity index is 3.23. The zero-order chi connectivity index (χ0) is 10.0. The Hall–Kier alpha value is 0.150. The smallest absolute Gasteiger partial charge is 0.252 e. The van der Waals surface area contributed by atoms with Crippen molar-refractivity contribution < 1.29 is 13.2 Å². The van der Waals surface area contributed by atoms with Crippen LogP contribution in [0.15, 0.2) is 6.20 Å². The van der Waals surface area contributed by atoms with Crippen LogP contribution in [0.3, 0.4) is 0 Å². The Kier molecular flexibility index (Phi) is 3.96. The van der Waals surface area contributed by atoms with E-state index < -0.39 is 17.9 Å². The molecule has 0 N–H and O–H groups in total. The van der Waals surface area contributed by atoms with Crippen molar-refractivity contribution in [2.75, 3.05) is 0 Å². The van der Waals surface area contributed by atoms with Crippen molar-refractivity contribution in [3.8, 4) is 0 Å². The summed E-state index contributed by atoms with van der Waals surface area (Å²) in [6.45, 7) is 0. The molecule has 0 radical (unpaired) electrons. The molecule has 0 amide bonds. The van der Waals surface area contributed by atoms with Crippen LogP contribution in [0.1, 0.15) is 17.7 Å². The maximum Gasteiger partial charge on any atom is 0.283 e. The van der Waals surface area contributed by atoms with E-state index in [9.17, 15) is 13.2 Å². The molecule has 1 heterocycles. The first-order chi connectivity index (χ1) is 6.07. The van der Waals surface area contributed by atoms with Crippen LogP contribution in [0.5, 0.6) is 0 Å². The summed E-state index contributed by atoms with van der Waals surface area (Å²) in [5, 5.41) is 0.401. The Morgan fingerprint density at radius 3 is 2.62 bits per heavy atom. The Bertz CT molecular complexity index is 319. The van der Waals surface area contributed by atoms with Gasteiger partial charge in [0, 0.05) is 11.5 Å². The van der Waals surface area contributed by atoms with Crippen LogP contribution in [0, 0.1) is 9.39 Å². The summed E-state index contributed by atoms with van der Waals surface area (Å²) < 4.78 is 37.6. The minimum atomic E-state index is -2.86. The Morgan fingerprint density at radius 2 is 2.15 bits per heavy atom. The fourth-order valence-corrected chi connectivity index (χ4v) is 2.32. The lowest BCUT2D eigenvalue weighted by atomic mass is 10.2. The molecule has 1 aromatic heterocycles. The molecule has 6 heteroatoms. The van der Waals surface area contributed by atoms with Crippen molar-refractivity contribution in [2.24, 2.45) is 0 Å². The molecule has 0 spiro atoms. The van der Waals surface area contributed by atoms with Gasteiger partial charge in [-0.1, -0.05) is 15.9 Å². The molecule has 1 nitrogen and oxygen atoms in total. The number of hydrogen-bond donors (Lipinski definition) is 0. The van der Waals surface area contributed by atoms with Crippen LogP contribution in [-0.4, -0.2) is 4.98 Å². The largest absolute Gasteiger partial charge is 0.283 e. The summed E-state index contributed by atoms with van der Waals surface area (Å²) in [5.41, 5.74) is -0.211. The lowest BCUT2D eigenvalue weighted by Crippen LogP contribution is -2.01. The van der Waals surface area contributed by atoms with Crippen LogP contribution >= 0.6 is 38.5 Å². The number of aromatic nitrogens is 1. The predicted molar refractivity (Wildman–Crippen MR) is 54.5 cm³/mol. The molecule has 1 aromatic rings. The SMILES string of the molecule is Fc1c(C(F)F)ncc(CBr)c1I. The van der Waals surface area contributed by atoms with Gasteiger partial charge in [-0.15, -0.1) is 0 Å². The van der Waals surface area contributed by atoms with Crippen molar-refractivity contribution in [3.05, 3.63) is 26.8 Å². The standard InChI is InChI=1S/C7H4BrF3IN/c8-1-3-2-13-6(7(10)11)4(9)5(3)12/h2,7H,1H2. The molecule has 13 heavy (non-hydrogen) atoms. The third-order valence-electron chi connectivity index (χ3n) is 1.41. The second kappa shape index (κ2) is 4.59. The summed E-state index contributed by atoms with van der Waals surface area (Å²) in [4.78, 5) is 3.35. The highest BCUT2D eigenvalue weighted by molar-refractivity contribution is 14.1. The van der Waals surface area contributed by atoms with Crippen molar-refractivity contribution in [2.45, 2.75) is 11.8 Å². The van der Waals surface area contributed by atoms with Gasteiger partial charge in [-0.25, -0.2) is 13.2 Å². The van der Waals surface area contributed by atoms with Gasteiger partial charge >= 0.3 is 0 Å². The molecule has 0 aliphatic carbocycles. The van der Waals surface area contributed by atoms with E-state index in [0.29, 0.717) is 10.9 Å². The number of hydrogen-bond acceptors (Lipinski definition) is 1. The zero-order valence-electron chi connectivity index (χ0n) is 6.20. The van der Waals surface area contributed by atoms with Gasteiger partial charge < -0.3 is 0 Å². The first kappa shape index (κ1) is 11.2. The lowest BCUT2D eigenvalue weighted by Gasteiger charge is -2.05. The highest BCUT2D eigenvalue weighted by Gasteiger charge is 2.19. The number of pyridine rings is 1. The first-order valence-corrected chi connectivity index (χ1v) is 5.44. The van der Waals surface area contributed by atoms with E-state index in [2.05, 4.69) is 20.9 Å². The van der Waals surface area contributed by atoms with Gasteiger partial charge in [0.15, 0.2) is 5.82 Å². The van der Waals surface area contributed by atoms with Gasteiger partial charge in [-0.05, 0) is 28.2 Å². The molecule has 0 aromatic carbocycles. The number of alkyl halides is 3. The number of nitrogens with zero attached hydrogens (tertiary/aromatic N) is 1. The second-order valence-corrected chi connectivity index (χ2v) is 3.87. The molecule has 0 fully saturated rings. The number of rotatable bonds is 2. The van der Waals surface area contributed by atoms with E-state index in [1.807, 2.05) is 0 Å². The average Bonchev–Trinajstić information content (AvgIpc) is 2.09. The Labute approximate surface area is 95.0 Å². The lowest BCUT2D eigenvalue weighted by molar-refractivity contribution is 0.140. The Morgan fingerprint density at radius 1 is 1.54 bits per heavy atom. The van der Waals surface area contributed by atoms with Gasteiger partial charge in [0.05, 0.1) is 3.57 Å². The third-order valence-corrected chi connectivity index (χ3v) is 3.18. The van der Waals surface area contributed by atoms with E-state index in [0.717, 1.165) is 0 Å². The van der Waals surface area contributed by atoms with Crippen molar-refractivity contribution in [3.63, 3.8) is 0 Å². The summed E-state index contributed by atoms with van der Waals surface area (Å²) in [6.07, 6.45) is -1.61. The van der Waals surface area contributed by atoms with Crippen LogP contribution < -0.4 is 0 Å². The predicted octanol–water partition coefficient (Wildman–Crippen LogP) is 3.66. The van der Waals surface area contributed by atoms with E-state index in [1.54, 1.807) is 22.6 Å². The summed E-state index contributed by atoms with van der Waals surface area (Å²) in [7, 11) is 0. The molecule has 0 atom stereocenters. The monoisotopic (exact) mass is 365 g/mol. The van der Waals surface area contributed by atoms with Crippen molar-refractivity contribution >= 4 is 38.5 Å². The van der Waals surface area contributed by atoms with Gasteiger partial charge in [-0.3, -0.25) is 4.98 Å². The first-order valence-electron chi connectivity index (χ1n) is 3.24. The fraction of sp³-hybridized carbons (Fsp3) is 0.286. The van der Waals surface area contributed by atoms with Crippen LogP contribution in [0.2, 0.25) is 0 Å². The molecule has 0 aliphatic rings. The molecular formula is C7H4BrF3IN. The molecule has 0 saturated carbocycles. The molecular weight excluding hydrogens is 362 g/mol. The van der Waals surface area contributed by atoms with Crippen LogP contribution in [0.4, 0.5) is 13.2 Å². The van der Waals surface area contributed by atoms with Gasteiger partial charge in [-0.2, -0.15) is 0 Å². The zero-order valence-corrected chi connectivity index (χ0v) is 9.94. The van der Waals surface area contributed by atoms with E-state index in [1.165, 1.54) is 6.20 Å². The summed E-state index contributed by atoms with van der Waals surface area (Å²) in [6, 6.07) is 0. The maximum absolute atomic E-state index is 13.1. The highest BCUT2D eigenvalue weighted by atomic mass is 127. The van der Waals surface area contributed by atoms with Gasteiger partial charge in [0.25, 0.3) is 6.43 Å². The summed E-state index contributed by atoms with van der Waals surface area (Å²) >= 11 is 4.79. The minimum Gasteiger partial charge on any atom is -0.252 e. The molecule has 72 valence electrons. The minimum absolute atomic E-state index is 0.194. The second-order valence-electron chi connectivity index (χ2n) is 2.23. The van der Waals surface area contributed by atoms with E-state index in [4.69, 9.17) is 0 Å². The van der Waals surface area contributed by atoms with Crippen LogP contribution in [0.25, 0.3) is 0 Å². The molecule has 1 rings (SSSR count). The van der Waals surface area contributed by atoms with Gasteiger partial charge in [0.2, 0.25) is 0 Å².